The third-order valence-corrected chi connectivity index (χ3v) is 2.63. The normalized spacial score (nSPS) is 40.9. The molecule has 0 bridgehead atoms. The molecule has 1 aliphatic carbocycles. The van der Waals surface area contributed by atoms with Gasteiger partial charge in [-0.1, -0.05) is 12.2 Å². The molecule has 0 aromatic rings. The van der Waals surface area contributed by atoms with E-state index in [1.54, 1.807) is 12.2 Å². The van der Waals surface area contributed by atoms with E-state index in [4.69, 9.17) is 14.9 Å². The Labute approximate surface area is 73.6 Å². The summed E-state index contributed by atoms with van der Waals surface area (Å²) in [7, 11) is 0. The number of epoxide rings is 1. The van der Waals surface area contributed by atoms with E-state index in [9.17, 15) is 9.59 Å². The Morgan fingerprint density at radius 2 is 1.46 bits per heavy atom. The van der Waals surface area contributed by atoms with E-state index in [2.05, 4.69) is 0 Å². The molecule has 0 radical (unpaired) electrons. The van der Waals surface area contributed by atoms with Crippen LogP contribution in [-0.4, -0.2) is 33.4 Å². The Hall–Kier alpha value is -1.36. The van der Waals surface area contributed by atoms with Gasteiger partial charge in [-0.3, -0.25) is 0 Å². The first kappa shape index (κ1) is 8.25. The maximum absolute atomic E-state index is 10.8. The van der Waals surface area contributed by atoms with Gasteiger partial charge in [0.2, 0.25) is 11.2 Å². The van der Waals surface area contributed by atoms with E-state index in [-0.39, 0.29) is 12.8 Å². The fraction of sp³-hybridized carbons (Fsp3) is 0.500. The van der Waals surface area contributed by atoms with Crippen LogP contribution in [0.5, 0.6) is 0 Å². The first-order valence-corrected chi connectivity index (χ1v) is 3.87. The first-order valence-electron chi connectivity index (χ1n) is 3.87. The van der Waals surface area contributed by atoms with Gasteiger partial charge in [0.1, 0.15) is 0 Å². The average molecular weight is 184 g/mol. The van der Waals surface area contributed by atoms with Crippen molar-refractivity contribution in [2.45, 2.75) is 24.0 Å². The highest BCUT2D eigenvalue weighted by atomic mass is 16.7. The van der Waals surface area contributed by atoms with Gasteiger partial charge in [-0.2, -0.15) is 0 Å². The fourth-order valence-electron chi connectivity index (χ4n) is 1.79. The lowest BCUT2D eigenvalue weighted by Gasteiger charge is -2.13. The largest absolute Gasteiger partial charge is 0.479 e. The third-order valence-electron chi connectivity index (χ3n) is 2.63. The number of carbonyl (C=O) groups is 2. The minimum Gasteiger partial charge on any atom is -0.479 e. The molecule has 1 fully saturated rings. The van der Waals surface area contributed by atoms with Crippen molar-refractivity contribution in [2.75, 3.05) is 0 Å². The lowest BCUT2D eigenvalue weighted by atomic mass is 9.83. The molecule has 2 atom stereocenters. The van der Waals surface area contributed by atoms with E-state index in [0.29, 0.717) is 0 Å². The molecule has 0 aromatic heterocycles. The molecule has 70 valence electrons. The van der Waals surface area contributed by atoms with E-state index >= 15 is 0 Å². The van der Waals surface area contributed by atoms with Crippen LogP contribution in [0.4, 0.5) is 0 Å². The molecule has 5 nitrogen and oxygen atoms in total. The zero-order valence-corrected chi connectivity index (χ0v) is 6.69. The fourth-order valence-corrected chi connectivity index (χ4v) is 1.79. The second-order valence-electron chi connectivity index (χ2n) is 3.25. The van der Waals surface area contributed by atoms with Crippen molar-refractivity contribution in [3.63, 3.8) is 0 Å². The van der Waals surface area contributed by atoms with Gasteiger partial charge >= 0.3 is 11.9 Å². The third kappa shape index (κ3) is 0.746. The van der Waals surface area contributed by atoms with E-state index in [0.717, 1.165) is 0 Å². The van der Waals surface area contributed by atoms with Gasteiger partial charge in [0.15, 0.2) is 0 Å². The summed E-state index contributed by atoms with van der Waals surface area (Å²) >= 11 is 0. The predicted octanol–water partition coefficient (Wildman–Crippen LogP) is 0.0134. The topological polar surface area (TPSA) is 87.1 Å². The molecule has 13 heavy (non-hydrogen) atoms. The highest BCUT2D eigenvalue weighted by Gasteiger charge is 2.79. The molecule has 1 saturated heterocycles. The molecular weight excluding hydrogens is 176 g/mol. The van der Waals surface area contributed by atoms with Crippen molar-refractivity contribution in [1.82, 2.24) is 0 Å². The second-order valence-corrected chi connectivity index (χ2v) is 3.25. The minimum absolute atomic E-state index is 0.134. The first-order chi connectivity index (χ1) is 6.05. The van der Waals surface area contributed by atoms with Crippen molar-refractivity contribution >= 4 is 11.9 Å². The summed E-state index contributed by atoms with van der Waals surface area (Å²) in [6.07, 6.45) is 3.55. The molecule has 2 aliphatic rings. The van der Waals surface area contributed by atoms with Crippen LogP contribution in [-0.2, 0) is 14.3 Å². The Morgan fingerprint density at radius 1 is 1.08 bits per heavy atom. The zero-order valence-electron chi connectivity index (χ0n) is 6.69. The van der Waals surface area contributed by atoms with Gasteiger partial charge in [-0.25, -0.2) is 9.59 Å². The lowest BCUT2D eigenvalue weighted by Crippen LogP contribution is -2.40. The summed E-state index contributed by atoms with van der Waals surface area (Å²) in [5, 5.41) is 17.7. The van der Waals surface area contributed by atoms with Crippen LogP contribution in [0.25, 0.3) is 0 Å². The van der Waals surface area contributed by atoms with Gasteiger partial charge in [0.25, 0.3) is 0 Å². The van der Waals surface area contributed by atoms with Gasteiger partial charge < -0.3 is 14.9 Å². The van der Waals surface area contributed by atoms with Crippen LogP contribution in [0.15, 0.2) is 12.2 Å². The van der Waals surface area contributed by atoms with Crippen LogP contribution in [0.2, 0.25) is 0 Å². The van der Waals surface area contributed by atoms with Crippen molar-refractivity contribution in [3.05, 3.63) is 12.2 Å². The standard InChI is InChI=1S/C8H8O5/c9-5(10)7-3-1-2-4-8(7,13-7)6(11)12/h1-2H,3-4H2,(H,9,10)(H,11,12). The molecule has 1 aliphatic heterocycles. The van der Waals surface area contributed by atoms with Crippen LogP contribution in [0.1, 0.15) is 12.8 Å². The van der Waals surface area contributed by atoms with Crippen molar-refractivity contribution in [1.29, 1.82) is 0 Å². The van der Waals surface area contributed by atoms with Gasteiger partial charge in [0.05, 0.1) is 0 Å². The molecule has 2 rings (SSSR count). The molecule has 1 heterocycles. The van der Waals surface area contributed by atoms with Crippen LogP contribution in [0.3, 0.4) is 0 Å². The Balaban J connectivity index is 2.39. The SMILES string of the molecule is O=C(O)C12CC=CCC1(C(=O)O)O2. The maximum Gasteiger partial charge on any atom is 0.340 e. The Morgan fingerprint density at radius 3 is 1.77 bits per heavy atom. The summed E-state index contributed by atoms with van der Waals surface area (Å²) in [6, 6.07) is 0. The van der Waals surface area contributed by atoms with E-state index in [1.165, 1.54) is 0 Å². The highest BCUT2D eigenvalue weighted by Crippen LogP contribution is 2.55. The van der Waals surface area contributed by atoms with E-state index in [1.807, 2.05) is 0 Å². The number of rotatable bonds is 2. The molecule has 2 N–H and O–H groups in total. The quantitative estimate of drug-likeness (QED) is 0.466. The second kappa shape index (κ2) is 2.11. The molecule has 0 saturated carbocycles. The molecule has 0 spiro atoms. The lowest BCUT2D eigenvalue weighted by molar-refractivity contribution is -0.146. The molecule has 5 heteroatoms. The Kier molecular flexibility index (Phi) is 1.34. The molecule has 0 aromatic carbocycles. The number of hydrogen-bond acceptors (Lipinski definition) is 3. The molecular formula is C8H8O5. The van der Waals surface area contributed by atoms with Gasteiger partial charge in [0, 0.05) is 12.8 Å². The van der Waals surface area contributed by atoms with Crippen molar-refractivity contribution in [2.24, 2.45) is 0 Å². The molecule has 0 amide bonds. The minimum atomic E-state index is -1.51. The number of fused-ring (bicyclic) bond motifs is 1. The summed E-state index contributed by atoms with van der Waals surface area (Å²) in [4.78, 5) is 21.6. The van der Waals surface area contributed by atoms with Gasteiger partial charge in [-0.05, 0) is 0 Å². The summed E-state index contributed by atoms with van der Waals surface area (Å²) in [5.41, 5.74) is -3.01. The van der Waals surface area contributed by atoms with Gasteiger partial charge in [-0.15, -0.1) is 0 Å². The smallest absolute Gasteiger partial charge is 0.340 e. The summed E-state index contributed by atoms with van der Waals surface area (Å²) in [5.74, 6) is -2.39. The van der Waals surface area contributed by atoms with Crippen molar-refractivity contribution in [3.8, 4) is 0 Å². The number of carboxylic acids is 2. The summed E-state index contributed by atoms with van der Waals surface area (Å²) < 4.78 is 4.91. The highest BCUT2D eigenvalue weighted by molar-refractivity contribution is 5.97. The monoisotopic (exact) mass is 184 g/mol. The number of carboxylic acid groups (broad SMARTS) is 2. The van der Waals surface area contributed by atoms with Crippen molar-refractivity contribution < 1.29 is 24.5 Å². The zero-order chi connectivity index (χ0) is 9.69. The average Bonchev–Trinajstić information content (AvgIpc) is 2.75. The Bertz CT molecular complexity index is 290. The summed E-state index contributed by atoms with van der Waals surface area (Å²) in [6.45, 7) is 0. The van der Waals surface area contributed by atoms with Crippen LogP contribution < -0.4 is 0 Å². The molecule has 2 unspecified atom stereocenters. The predicted molar refractivity (Wildman–Crippen MR) is 40.2 cm³/mol. The number of hydrogen-bond donors (Lipinski definition) is 2. The van der Waals surface area contributed by atoms with E-state index < -0.39 is 23.1 Å². The maximum atomic E-state index is 10.8. The number of aliphatic carboxylic acids is 2. The number of ether oxygens (including phenoxy) is 1. The van der Waals surface area contributed by atoms with Crippen LogP contribution in [0, 0.1) is 0 Å². The van der Waals surface area contributed by atoms with Crippen LogP contribution >= 0.6 is 0 Å².